The molecule has 22 heavy (non-hydrogen) atoms. The minimum absolute atomic E-state index is 0.270. The van der Waals surface area contributed by atoms with Crippen molar-refractivity contribution < 1.29 is 13.2 Å². The molecule has 0 spiro atoms. The fourth-order valence-electron chi connectivity index (χ4n) is 2.33. The molecule has 4 nitrogen and oxygen atoms in total. The number of aryl methyl sites for hydroxylation is 3. The van der Waals surface area contributed by atoms with Gasteiger partial charge in [-0.3, -0.25) is 4.72 Å². The van der Waals surface area contributed by atoms with Crippen LogP contribution in [0, 0.1) is 27.7 Å². The number of hydrogen-bond donors (Lipinski definition) is 1. The van der Waals surface area contributed by atoms with E-state index in [0.717, 1.165) is 16.7 Å². The Hall–Kier alpha value is -2.01. The van der Waals surface area contributed by atoms with Crippen LogP contribution in [0.5, 0.6) is 5.75 Å². The van der Waals surface area contributed by atoms with Crippen LogP contribution < -0.4 is 9.46 Å². The van der Waals surface area contributed by atoms with E-state index in [9.17, 15) is 8.42 Å². The molecule has 0 unspecified atom stereocenters. The number of hydrogen-bond acceptors (Lipinski definition) is 3. The monoisotopic (exact) mass is 319 g/mol. The van der Waals surface area contributed by atoms with Gasteiger partial charge in [-0.1, -0.05) is 12.1 Å². The van der Waals surface area contributed by atoms with Crippen LogP contribution in [0.2, 0.25) is 0 Å². The molecule has 0 radical (unpaired) electrons. The number of rotatable bonds is 4. The Morgan fingerprint density at radius 2 is 1.64 bits per heavy atom. The van der Waals surface area contributed by atoms with Crippen LogP contribution in [0.1, 0.15) is 22.3 Å². The van der Waals surface area contributed by atoms with E-state index in [4.69, 9.17) is 4.74 Å². The van der Waals surface area contributed by atoms with Gasteiger partial charge in [-0.2, -0.15) is 0 Å². The van der Waals surface area contributed by atoms with Crippen LogP contribution in [-0.2, 0) is 10.0 Å². The zero-order valence-corrected chi connectivity index (χ0v) is 14.3. The average Bonchev–Trinajstić information content (AvgIpc) is 2.45. The summed E-state index contributed by atoms with van der Waals surface area (Å²) in [4.78, 5) is 0.270. The van der Waals surface area contributed by atoms with Gasteiger partial charge in [0.1, 0.15) is 5.75 Å². The molecule has 0 heterocycles. The van der Waals surface area contributed by atoms with Crippen molar-refractivity contribution in [3.05, 3.63) is 52.6 Å². The Morgan fingerprint density at radius 3 is 2.27 bits per heavy atom. The summed E-state index contributed by atoms with van der Waals surface area (Å²) in [5, 5.41) is 0. The summed E-state index contributed by atoms with van der Waals surface area (Å²) in [6, 6.07) is 8.95. The number of methoxy groups -OCH3 is 1. The molecule has 0 bridgehead atoms. The maximum absolute atomic E-state index is 12.7. The van der Waals surface area contributed by atoms with E-state index in [1.165, 1.54) is 0 Å². The molecular formula is C17H21NO3S. The predicted octanol–water partition coefficient (Wildman–Crippen LogP) is 3.73. The first-order valence-electron chi connectivity index (χ1n) is 7.00. The van der Waals surface area contributed by atoms with Crippen LogP contribution in [0.3, 0.4) is 0 Å². The summed E-state index contributed by atoms with van der Waals surface area (Å²) in [7, 11) is -2.06. The summed E-state index contributed by atoms with van der Waals surface area (Å²) < 4.78 is 33.3. The van der Waals surface area contributed by atoms with Gasteiger partial charge in [-0.25, -0.2) is 8.42 Å². The van der Waals surface area contributed by atoms with Crippen molar-refractivity contribution >= 4 is 15.7 Å². The highest BCUT2D eigenvalue weighted by Gasteiger charge is 2.19. The van der Waals surface area contributed by atoms with Crippen LogP contribution in [0.15, 0.2) is 35.2 Å². The minimum atomic E-state index is -3.64. The van der Waals surface area contributed by atoms with Gasteiger partial charge in [0.2, 0.25) is 0 Å². The first-order valence-corrected chi connectivity index (χ1v) is 8.49. The summed E-state index contributed by atoms with van der Waals surface area (Å²) in [5.41, 5.74) is 4.01. The Kier molecular flexibility index (Phi) is 4.47. The number of sulfonamides is 1. The minimum Gasteiger partial charge on any atom is -0.496 e. The maximum atomic E-state index is 12.7. The lowest BCUT2D eigenvalue weighted by molar-refractivity contribution is 0.411. The molecule has 2 aromatic carbocycles. The molecule has 0 aliphatic carbocycles. The van der Waals surface area contributed by atoms with Gasteiger partial charge in [0.05, 0.1) is 17.7 Å². The lowest BCUT2D eigenvalue weighted by atomic mass is 10.1. The summed E-state index contributed by atoms with van der Waals surface area (Å²) in [6.45, 7) is 7.45. The van der Waals surface area contributed by atoms with Crippen molar-refractivity contribution in [2.45, 2.75) is 32.6 Å². The molecule has 2 aromatic rings. The number of anilines is 1. The van der Waals surface area contributed by atoms with Crippen molar-refractivity contribution in [1.82, 2.24) is 0 Å². The first kappa shape index (κ1) is 16.4. The van der Waals surface area contributed by atoms with Gasteiger partial charge in [-0.05, 0) is 68.1 Å². The Morgan fingerprint density at radius 1 is 0.955 bits per heavy atom. The molecule has 5 heteroatoms. The standard InChI is InChI=1S/C17H21NO3S/c1-11-7-6-8-15(14(11)4)18-22(19,20)17-10-12(2)16(21-5)9-13(17)3/h6-10,18H,1-5H3. The van der Waals surface area contributed by atoms with E-state index >= 15 is 0 Å². The molecule has 0 fully saturated rings. The third-order valence-corrected chi connectivity index (χ3v) is 5.34. The highest BCUT2D eigenvalue weighted by atomic mass is 32.2. The zero-order valence-electron chi connectivity index (χ0n) is 13.5. The van der Waals surface area contributed by atoms with Crippen molar-refractivity contribution in [3.63, 3.8) is 0 Å². The second-order valence-corrected chi connectivity index (χ2v) is 7.09. The van der Waals surface area contributed by atoms with E-state index < -0.39 is 10.0 Å². The predicted molar refractivity (Wildman–Crippen MR) is 89.2 cm³/mol. The van der Waals surface area contributed by atoms with Gasteiger partial charge < -0.3 is 4.74 Å². The SMILES string of the molecule is COc1cc(C)c(S(=O)(=O)Nc2cccc(C)c2C)cc1C. The fraction of sp³-hybridized carbons (Fsp3) is 0.294. The molecule has 2 rings (SSSR count). The van der Waals surface area contributed by atoms with E-state index in [1.54, 1.807) is 32.2 Å². The Balaban J connectivity index is 2.47. The molecular weight excluding hydrogens is 298 g/mol. The van der Waals surface area contributed by atoms with Crippen LogP contribution >= 0.6 is 0 Å². The largest absolute Gasteiger partial charge is 0.496 e. The van der Waals surface area contributed by atoms with E-state index in [-0.39, 0.29) is 4.90 Å². The number of ether oxygens (including phenoxy) is 1. The molecule has 0 atom stereocenters. The average molecular weight is 319 g/mol. The third kappa shape index (κ3) is 3.09. The topological polar surface area (TPSA) is 55.4 Å². The van der Waals surface area contributed by atoms with Gasteiger partial charge in [0, 0.05) is 0 Å². The number of benzene rings is 2. The zero-order chi connectivity index (χ0) is 16.5. The van der Waals surface area contributed by atoms with Gasteiger partial charge >= 0.3 is 0 Å². The van der Waals surface area contributed by atoms with Gasteiger partial charge in [0.25, 0.3) is 10.0 Å². The molecule has 0 saturated carbocycles. The molecule has 0 amide bonds. The third-order valence-electron chi connectivity index (χ3n) is 3.83. The fourth-order valence-corrected chi connectivity index (χ4v) is 3.77. The Labute approximate surface area is 132 Å². The summed E-state index contributed by atoms with van der Waals surface area (Å²) in [5.74, 6) is 0.684. The molecule has 0 aliphatic heterocycles. The van der Waals surface area contributed by atoms with Crippen LogP contribution in [-0.4, -0.2) is 15.5 Å². The second kappa shape index (κ2) is 6.01. The maximum Gasteiger partial charge on any atom is 0.262 e. The Bertz CT molecular complexity index is 811. The van der Waals surface area contributed by atoms with Crippen LogP contribution in [0.4, 0.5) is 5.69 Å². The molecule has 0 aromatic heterocycles. The van der Waals surface area contributed by atoms with Crippen LogP contribution in [0.25, 0.3) is 0 Å². The summed E-state index contributed by atoms with van der Waals surface area (Å²) >= 11 is 0. The first-order chi connectivity index (χ1) is 10.3. The lowest BCUT2D eigenvalue weighted by Crippen LogP contribution is -2.15. The smallest absolute Gasteiger partial charge is 0.262 e. The molecule has 0 saturated heterocycles. The van der Waals surface area contributed by atoms with Crippen molar-refractivity contribution in [3.8, 4) is 5.75 Å². The van der Waals surface area contributed by atoms with E-state index in [2.05, 4.69) is 4.72 Å². The second-order valence-electron chi connectivity index (χ2n) is 5.44. The highest BCUT2D eigenvalue weighted by Crippen LogP contribution is 2.28. The normalized spacial score (nSPS) is 11.3. The van der Waals surface area contributed by atoms with Gasteiger partial charge in [-0.15, -0.1) is 0 Å². The van der Waals surface area contributed by atoms with E-state index in [0.29, 0.717) is 17.0 Å². The summed E-state index contributed by atoms with van der Waals surface area (Å²) in [6.07, 6.45) is 0. The van der Waals surface area contributed by atoms with Crippen molar-refractivity contribution in [2.75, 3.05) is 11.8 Å². The van der Waals surface area contributed by atoms with Gasteiger partial charge in [0.15, 0.2) is 0 Å². The molecule has 1 N–H and O–H groups in total. The lowest BCUT2D eigenvalue weighted by Gasteiger charge is -2.15. The molecule has 118 valence electrons. The van der Waals surface area contributed by atoms with Crippen molar-refractivity contribution in [1.29, 1.82) is 0 Å². The van der Waals surface area contributed by atoms with E-state index in [1.807, 2.05) is 32.9 Å². The number of nitrogens with one attached hydrogen (secondary N) is 1. The van der Waals surface area contributed by atoms with Crippen molar-refractivity contribution in [2.24, 2.45) is 0 Å². The molecule has 0 aliphatic rings. The highest BCUT2D eigenvalue weighted by molar-refractivity contribution is 7.92. The quantitative estimate of drug-likeness (QED) is 0.934.